The maximum Gasteiger partial charge on any atom is 0.231 e. The van der Waals surface area contributed by atoms with Gasteiger partial charge in [0.15, 0.2) is 11.5 Å². The van der Waals surface area contributed by atoms with E-state index in [1.54, 1.807) is 20.5 Å². The fraction of sp³-hybridized carbons (Fsp3) is 0.500. The van der Waals surface area contributed by atoms with Gasteiger partial charge in [-0.3, -0.25) is 4.55 Å². The third-order valence-corrected chi connectivity index (χ3v) is 4.94. The molecule has 1 atom stereocenters. The minimum Gasteiger partial charge on any atom is -0.493 e. The number of methoxy groups -OCH3 is 2. The van der Waals surface area contributed by atoms with Crippen LogP contribution in [0, 0.1) is 5.92 Å². The first-order chi connectivity index (χ1) is 12.1. The smallest absolute Gasteiger partial charge is 0.231 e. The van der Waals surface area contributed by atoms with Gasteiger partial charge in [0.1, 0.15) is 12.1 Å². The topological polar surface area (TPSA) is 96.8 Å². The minimum absolute atomic E-state index is 0.384. The van der Waals surface area contributed by atoms with E-state index in [0.29, 0.717) is 24.0 Å². The summed E-state index contributed by atoms with van der Waals surface area (Å²) >= 11 is -1.95. The van der Waals surface area contributed by atoms with Crippen LogP contribution < -0.4 is 19.1 Å². The number of hydrogen-bond acceptors (Lipinski definition) is 6. The first-order valence-corrected chi connectivity index (χ1v) is 9.19. The molecule has 1 aliphatic heterocycles. The van der Waals surface area contributed by atoms with Crippen molar-refractivity contribution in [3.05, 3.63) is 18.5 Å². The van der Waals surface area contributed by atoms with Crippen LogP contribution in [0.3, 0.4) is 0 Å². The van der Waals surface area contributed by atoms with Gasteiger partial charge in [-0.05, 0) is 24.8 Å². The molecule has 136 valence electrons. The molecule has 1 unspecified atom stereocenters. The molecule has 1 fully saturated rings. The van der Waals surface area contributed by atoms with Gasteiger partial charge in [-0.2, -0.15) is 0 Å². The number of benzene rings is 1. The second-order valence-corrected chi connectivity index (χ2v) is 6.74. The monoisotopic (exact) mass is 366 g/mol. The lowest BCUT2D eigenvalue weighted by molar-refractivity contribution is 0.355. The lowest BCUT2D eigenvalue weighted by Gasteiger charge is -2.33. The first-order valence-electron chi connectivity index (χ1n) is 8.08. The highest BCUT2D eigenvalue weighted by Crippen LogP contribution is 2.35. The molecule has 1 aromatic heterocycles. The van der Waals surface area contributed by atoms with E-state index in [-0.39, 0.29) is 0 Å². The fourth-order valence-corrected chi connectivity index (χ4v) is 3.54. The van der Waals surface area contributed by atoms with Crippen molar-refractivity contribution in [3.8, 4) is 11.5 Å². The number of nitrogens with zero attached hydrogens (tertiary/aromatic N) is 3. The molecule has 0 saturated carbocycles. The predicted octanol–water partition coefficient (Wildman–Crippen LogP) is 1.59. The number of anilines is 1. The van der Waals surface area contributed by atoms with Crippen LogP contribution in [0.15, 0.2) is 18.5 Å². The lowest BCUT2D eigenvalue weighted by Crippen LogP contribution is -2.38. The Morgan fingerprint density at radius 3 is 2.56 bits per heavy atom. The molecule has 1 saturated heterocycles. The Kier molecular flexibility index (Phi) is 5.67. The largest absolute Gasteiger partial charge is 0.493 e. The van der Waals surface area contributed by atoms with Crippen LogP contribution in [0.25, 0.3) is 10.9 Å². The normalized spacial score (nSPS) is 16.8. The van der Waals surface area contributed by atoms with Gasteiger partial charge in [-0.15, -0.1) is 0 Å². The molecule has 0 aliphatic carbocycles. The van der Waals surface area contributed by atoms with E-state index in [1.807, 2.05) is 12.1 Å². The highest BCUT2D eigenvalue weighted by molar-refractivity contribution is 7.77. The quantitative estimate of drug-likeness (QED) is 0.749. The molecule has 0 bridgehead atoms. The van der Waals surface area contributed by atoms with Gasteiger partial charge < -0.3 is 14.4 Å². The molecule has 0 spiro atoms. The second-order valence-electron chi connectivity index (χ2n) is 5.95. The third-order valence-electron chi connectivity index (χ3n) is 4.53. The number of fused-ring (bicyclic) bond motifs is 1. The van der Waals surface area contributed by atoms with Crippen molar-refractivity contribution in [1.29, 1.82) is 0 Å². The van der Waals surface area contributed by atoms with E-state index in [4.69, 9.17) is 14.0 Å². The molecule has 0 amide bonds. The van der Waals surface area contributed by atoms with Crippen molar-refractivity contribution in [3.63, 3.8) is 0 Å². The summed E-state index contributed by atoms with van der Waals surface area (Å²) in [4.78, 5) is 11.0. The molecular weight excluding hydrogens is 344 g/mol. The van der Waals surface area contributed by atoms with Gasteiger partial charge in [0.05, 0.1) is 19.7 Å². The molecule has 2 aromatic rings. The Bertz CT molecular complexity index is 765. The van der Waals surface area contributed by atoms with Gasteiger partial charge >= 0.3 is 0 Å². The molecule has 0 radical (unpaired) electrons. The minimum atomic E-state index is -1.95. The van der Waals surface area contributed by atoms with Crippen molar-refractivity contribution in [2.45, 2.75) is 12.8 Å². The lowest BCUT2D eigenvalue weighted by atomic mass is 9.97. The number of rotatable bonds is 6. The van der Waals surface area contributed by atoms with Crippen LogP contribution in [0.2, 0.25) is 0 Å². The Morgan fingerprint density at radius 2 is 1.92 bits per heavy atom. The number of ether oxygens (including phenoxy) is 2. The highest BCUT2D eigenvalue weighted by atomic mass is 32.2. The zero-order chi connectivity index (χ0) is 17.8. The molecule has 9 heteroatoms. The number of piperidine rings is 1. The molecule has 3 rings (SSSR count). The average molecular weight is 366 g/mol. The van der Waals surface area contributed by atoms with Gasteiger partial charge in [0.2, 0.25) is 11.3 Å². The van der Waals surface area contributed by atoms with Crippen LogP contribution in [0.1, 0.15) is 12.8 Å². The predicted molar refractivity (Wildman–Crippen MR) is 96.4 cm³/mol. The fourth-order valence-electron chi connectivity index (χ4n) is 3.16. The van der Waals surface area contributed by atoms with E-state index < -0.39 is 11.3 Å². The van der Waals surface area contributed by atoms with Crippen LogP contribution in [0.4, 0.5) is 5.82 Å². The van der Waals surface area contributed by atoms with E-state index in [9.17, 15) is 4.21 Å². The van der Waals surface area contributed by atoms with Crippen LogP contribution in [-0.2, 0) is 11.3 Å². The van der Waals surface area contributed by atoms with Gasteiger partial charge in [0, 0.05) is 31.1 Å². The number of nitrogens with one attached hydrogen (secondary N) is 1. The average Bonchev–Trinajstić information content (AvgIpc) is 2.65. The van der Waals surface area contributed by atoms with Crippen LogP contribution in [-0.4, -0.2) is 52.6 Å². The van der Waals surface area contributed by atoms with E-state index in [0.717, 1.165) is 42.7 Å². The zero-order valence-corrected chi connectivity index (χ0v) is 15.1. The molecule has 1 aliphatic rings. The third kappa shape index (κ3) is 4.00. The molecule has 25 heavy (non-hydrogen) atoms. The van der Waals surface area contributed by atoms with Crippen LogP contribution >= 0.6 is 0 Å². The molecule has 2 N–H and O–H groups in total. The van der Waals surface area contributed by atoms with Crippen molar-refractivity contribution >= 4 is 28.0 Å². The van der Waals surface area contributed by atoms with E-state index in [2.05, 4.69) is 19.6 Å². The van der Waals surface area contributed by atoms with Crippen molar-refractivity contribution < 1.29 is 18.2 Å². The summed E-state index contributed by atoms with van der Waals surface area (Å²) in [6, 6.07) is 3.76. The molecule has 1 aromatic carbocycles. The van der Waals surface area contributed by atoms with Crippen molar-refractivity contribution in [1.82, 2.24) is 14.7 Å². The highest BCUT2D eigenvalue weighted by Gasteiger charge is 2.22. The SMILES string of the molecule is COc1cc2ncnc(N3CCC(CNS(=O)O)CC3)c2cc1OC. The zero-order valence-electron chi connectivity index (χ0n) is 14.3. The van der Waals surface area contributed by atoms with Gasteiger partial charge in [-0.1, -0.05) is 0 Å². The van der Waals surface area contributed by atoms with Gasteiger partial charge in [-0.25, -0.2) is 18.9 Å². The van der Waals surface area contributed by atoms with Crippen molar-refractivity contribution in [2.24, 2.45) is 5.92 Å². The summed E-state index contributed by atoms with van der Waals surface area (Å²) in [7, 11) is 3.21. The summed E-state index contributed by atoms with van der Waals surface area (Å²) in [5.74, 6) is 2.55. The van der Waals surface area contributed by atoms with E-state index in [1.165, 1.54) is 0 Å². The first kappa shape index (κ1) is 17.8. The molecule has 2 heterocycles. The summed E-state index contributed by atoms with van der Waals surface area (Å²) in [5, 5.41) is 0.924. The number of hydrogen-bond donors (Lipinski definition) is 2. The second kappa shape index (κ2) is 7.94. The Labute approximate surface area is 149 Å². The van der Waals surface area contributed by atoms with Crippen molar-refractivity contribution in [2.75, 3.05) is 38.8 Å². The standard InChI is InChI=1S/C16H22N4O4S/c1-23-14-7-12-13(8-15(14)24-2)17-10-18-16(12)20-5-3-11(4-6-20)9-19-25(21)22/h7-8,10-11,19H,3-6,9H2,1-2H3,(H,21,22). The summed E-state index contributed by atoms with van der Waals surface area (Å²) in [6.07, 6.45) is 3.43. The summed E-state index contributed by atoms with van der Waals surface area (Å²) in [6.45, 7) is 2.22. The molecular formula is C16H22N4O4S. The van der Waals surface area contributed by atoms with Gasteiger partial charge in [0.25, 0.3) is 0 Å². The number of aromatic nitrogens is 2. The van der Waals surface area contributed by atoms with E-state index >= 15 is 0 Å². The molecule has 8 nitrogen and oxygen atoms in total. The summed E-state index contributed by atoms with van der Waals surface area (Å²) < 4.78 is 32.9. The Morgan fingerprint density at radius 1 is 1.24 bits per heavy atom. The van der Waals surface area contributed by atoms with Crippen LogP contribution in [0.5, 0.6) is 11.5 Å². The Balaban J connectivity index is 1.81. The maximum atomic E-state index is 10.7. The Hall–Kier alpha value is -1.97. The maximum absolute atomic E-state index is 10.7. The summed E-state index contributed by atoms with van der Waals surface area (Å²) in [5.41, 5.74) is 0.808.